The van der Waals surface area contributed by atoms with E-state index in [2.05, 4.69) is 10.00 Å². The maximum Gasteiger partial charge on any atom is 0.161 e. The Labute approximate surface area is 212 Å². The summed E-state index contributed by atoms with van der Waals surface area (Å²) in [6.45, 7) is 7.50. The summed E-state index contributed by atoms with van der Waals surface area (Å²) in [5.74, 6) is 2.02. The zero-order valence-electron chi connectivity index (χ0n) is 20.7. The highest BCUT2D eigenvalue weighted by Crippen LogP contribution is 2.31. The van der Waals surface area contributed by atoms with Gasteiger partial charge in [-0.1, -0.05) is 23.7 Å². The standard InChI is InChI=1S/C27H34ClN3O4/c1-20-5-7-23(28)25(13-20)35-19-27(32)9-4-10-30(18-27)17-22-6-8-24(33-3)26(14-22)34-12-11-31-16-21(2)15-29-31/h5-8,13-16,32H,4,9-12,17-19H2,1-3H3/t27-/m0/s1. The molecule has 1 N–H and O–H groups in total. The quantitative estimate of drug-likeness (QED) is 0.438. The summed E-state index contributed by atoms with van der Waals surface area (Å²) in [5.41, 5.74) is 2.36. The van der Waals surface area contributed by atoms with Gasteiger partial charge in [-0.15, -0.1) is 0 Å². The zero-order chi connectivity index (χ0) is 24.8. The number of hydrogen-bond acceptors (Lipinski definition) is 6. The van der Waals surface area contributed by atoms with Crippen molar-refractivity contribution in [2.75, 3.05) is 33.4 Å². The summed E-state index contributed by atoms with van der Waals surface area (Å²) in [6.07, 6.45) is 5.41. The van der Waals surface area contributed by atoms with Gasteiger partial charge >= 0.3 is 0 Å². The first kappa shape index (κ1) is 25.4. The van der Waals surface area contributed by atoms with Crippen LogP contribution in [0, 0.1) is 13.8 Å². The van der Waals surface area contributed by atoms with Crippen molar-refractivity contribution in [2.45, 2.75) is 45.4 Å². The lowest BCUT2D eigenvalue weighted by Crippen LogP contribution is -2.51. The molecule has 2 heterocycles. The van der Waals surface area contributed by atoms with Crippen molar-refractivity contribution in [2.24, 2.45) is 0 Å². The van der Waals surface area contributed by atoms with Gasteiger partial charge in [0.25, 0.3) is 0 Å². The third-order valence-corrected chi connectivity index (χ3v) is 6.50. The minimum Gasteiger partial charge on any atom is -0.493 e. The fourth-order valence-corrected chi connectivity index (χ4v) is 4.59. The van der Waals surface area contributed by atoms with Crippen LogP contribution in [0.1, 0.15) is 29.5 Å². The average molecular weight is 500 g/mol. The average Bonchev–Trinajstić information content (AvgIpc) is 3.25. The number of benzene rings is 2. The maximum atomic E-state index is 11.2. The van der Waals surface area contributed by atoms with Gasteiger partial charge in [-0.2, -0.15) is 5.10 Å². The summed E-state index contributed by atoms with van der Waals surface area (Å²) in [6, 6.07) is 11.7. The van der Waals surface area contributed by atoms with Crippen molar-refractivity contribution in [1.82, 2.24) is 14.7 Å². The molecule has 2 aromatic carbocycles. The topological polar surface area (TPSA) is 69.0 Å². The van der Waals surface area contributed by atoms with Crippen molar-refractivity contribution >= 4 is 11.6 Å². The predicted octanol–water partition coefficient (Wildman–Crippen LogP) is 4.65. The summed E-state index contributed by atoms with van der Waals surface area (Å²) in [7, 11) is 1.64. The van der Waals surface area contributed by atoms with E-state index in [0.717, 1.165) is 29.7 Å². The monoisotopic (exact) mass is 499 g/mol. The van der Waals surface area contributed by atoms with Gasteiger partial charge in [0, 0.05) is 19.3 Å². The van der Waals surface area contributed by atoms with Gasteiger partial charge in [-0.05, 0) is 74.2 Å². The smallest absolute Gasteiger partial charge is 0.161 e. The minimum atomic E-state index is -0.932. The lowest BCUT2D eigenvalue weighted by atomic mass is 9.93. The van der Waals surface area contributed by atoms with Gasteiger partial charge in [0.2, 0.25) is 0 Å². The molecule has 1 aliphatic rings. The summed E-state index contributed by atoms with van der Waals surface area (Å²) in [4.78, 5) is 2.25. The fraction of sp³-hybridized carbons (Fsp3) is 0.444. The predicted molar refractivity (Wildman–Crippen MR) is 137 cm³/mol. The Balaban J connectivity index is 1.35. The third kappa shape index (κ3) is 6.90. The molecule has 0 saturated carbocycles. The van der Waals surface area contributed by atoms with Crippen molar-refractivity contribution in [3.8, 4) is 17.2 Å². The molecule has 1 atom stereocenters. The first-order valence-corrected chi connectivity index (χ1v) is 12.3. The molecular weight excluding hydrogens is 466 g/mol. The van der Waals surface area contributed by atoms with Crippen molar-refractivity contribution < 1.29 is 19.3 Å². The number of aryl methyl sites for hydroxylation is 2. The van der Waals surface area contributed by atoms with Crippen LogP contribution in [0.2, 0.25) is 5.02 Å². The number of β-amino-alcohol motifs (C(OH)–C–C–N with tert-alkyl or cyclic N) is 1. The largest absolute Gasteiger partial charge is 0.493 e. The molecule has 0 radical (unpaired) electrons. The molecule has 0 amide bonds. The van der Waals surface area contributed by atoms with E-state index in [-0.39, 0.29) is 6.61 Å². The zero-order valence-corrected chi connectivity index (χ0v) is 21.4. The first-order valence-electron chi connectivity index (χ1n) is 12.0. The lowest BCUT2D eigenvalue weighted by Gasteiger charge is -2.39. The number of hydrogen-bond donors (Lipinski definition) is 1. The molecule has 7 nitrogen and oxygen atoms in total. The highest BCUT2D eigenvalue weighted by molar-refractivity contribution is 6.32. The lowest BCUT2D eigenvalue weighted by molar-refractivity contribution is -0.0621. The van der Waals surface area contributed by atoms with Crippen molar-refractivity contribution in [1.29, 1.82) is 0 Å². The van der Waals surface area contributed by atoms with E-state index in [4.69, 9.17) is 25.8 Å². The van der Waals surface area contributed by atoms with Crippen LogP contribution in [-0.4, -0.2) is 58.8 Å². The molecule has 1 aromatic heterocycles. The number of methoxy groups -OCH3 is 1. The first-order chi connectivity index (χ1) is 16.8. The molecule has 0 unspecified atom stereocenters. The molecule has 4 rings (SSSR count). The second-order valence-electron chi connectivity index (χ2n) is 9.38. The van der Waals surface area contributed by atoms with Gasteiger partial charge in [0.15, 0.2) is 11.5 Å². The van der Waals surface area contributed by atoms with Crippen LogP contribution in [0.5, 0.6) is 17.2 Å². The molecule has 188 valence electrons. The molecule has 35 heavy (non-hydrogen) atoms. The SMILES string of the molecule is COc1ccc(CN2CCC[C@@](O)(COc3cc(C)ccc3Cl)C2)cc1OCCn1cc(C)cn1. The van der Waals surface area contributed by atoms with E-state index in [1.54, 1.807) is 7.11 Å². The molecule has 1 saturated heterocycles. The second kappa shape index (κ2) is 11.3. The Hall–Kier alpha value is -2.74. The van der Waals surface area contributed by atoms with Gasteiger partial charge in [-0.3, -0.25) is 9.58 Å². The Kier molecular flexibility index (Phi) is 8.21. The number of aliphatic hydroxyl groups is 1. The molecule has 8 heteroatoms. The number of aromatic nitrogens is 2. The van der Waals surface area contributed by atoms with E-state index in [9.17, 15) is 5.11 Å². The van der Waals surface area contributed by atoms with Crippen LogP contribution in [0.25, 0.3) is 0 Å². The van der Waals surface area contributed by atoms with Gasteiger partial charge in [0.1, 0.15) is 24.6 Å². The van der Waals surface area contributed by atoms with E-state index in [0.29, 0.717) is 54.9 Å². The van der Waals surface area contributed by atoms with Crippen LogP contribution in [0.4, 0.5) is 0 Å². The maximum absolute atomic E-state index is 11.2. The van der Waals surface area contributed by atoms with Crippen molar-refractivity contribution in [3.05, 3.63) is 70.5 Å². The number of ether oxygens (including phenoxy) is 3. The third-order valence-electron chi connectivity index (χ3n) is 6.19. The van der Waals surface area contributed by atoms with E-state index >= 15 is 0 Å². The molecule has 1 aliphatic heterocycles. The highest BCUT2D eigenvalue weighted by Gasteiger charge is 2.34. The number of piperidine rings is 1. The Morgan fingerprint density at radius 3 is 2.69 bits per heavy atom. The molecule has 0 aliphatic carbocycles. The van der Waals surface area contributed by atoms with Crippen LogP contribution >= 0.6 is 11.6 Å². The van der Waals surface area contributed by atoms with Crippen LogP contribution in [0.15, 0.2) is 48.8 Å². The molecule has 0 spiro atoms. The van der Waals surface area contributed by atoms with E-state index < -0.39 is 5.60 Å². The van der Waals surface area contributed by atoms with E-state index in [1.165, 1.54) is 0 Å². The van der Waals surface area contributed by atoms with Crippen LogP contribution in [0.3, 0.4) is 0 Å². The van der Waals surface area contributed by atoms with Gasteiger partial charge < -0.3 is 19.3 Å². The molecule has 3 aromatic rings. The highest BCUT2D eigenvalue weighted by atomic mass is 35.5. The molecule has 0 bridgehead atoms. The van der Waals surface area contributed by atoms with Crippen molar-refractivity contribution in [3.63, 3.8) is 0 Å². The molecular formula is C27H34ClN3O4. The van der Waals surface area contributed by atoms with E-state index in [1.807, 2.05) is 67.3 Å². The fourth-order valence-electron chi connectivity index (χ4n) is 4.42. The number of nitrogens with zero attached hydrogens (tertiary/aromatic N) is 3. The summed E-state index contributed by atoms with van der Waals surface area (Å²) >= 11 is 6.26. The number of halogens is 1. The normalized spacial score (nSPS) is 18.4. The van der Waals surface area contributed by atoms with Gasteiger partial charge in [-0.25, -0.2) is 0 Å². The van der Waals surface area contributed by atoms with Crippen LogP contribution in [-0.2, 0) is 13.1 Å². The van der Waals surface area contributed by atoms with Gasteiger partial charge in [0.05, 0.1) is 24.9 Å². The van der Waals surface area contributed by atoms with Crippen LogP contribution < -0.4 is 14.2 Å². The molecule has 1 fully saturated rings. The second-order valence-corrected chi connectivity index (χ2v) is 9.78. The minimum absolute atomic E-state index is 0.205. The summed E-state index contributed by atoms with van der Waals surface area (Å²) in [5, 5.41) is 16.1. The Morgan fingerprint density at radius 2 is 1.91 bits per heavy atom. The Morgan fingerprint density at radius 1 is 1.06 bits per heavy atom. The number of rotatable bonds is 10. The summed E-state index contributed by atoms with van der Waals surface area (Å²) < 4.78 is 19.3. The number of likely N-dealkylation sites (tertiary alicyclic amines) is 1. The Bertz CT molecular complexity index is 1140.